The molecule has 0 radical (unpaired) electrons. The summed E-state index contributed by atoms with van der Waals surface area (Å²) in [5, 5.41) is 25.0. The number of rotatable bonds is 11. The Morgan fingerprint density at radius 1 is 0.426 bits per heavy atom. The van der Waals surface area contributed by atoms with Crippen LogP contribution in [0.15, 0.2) is 0 Å². The van der Waals surface area contributed by atoms with Crippen molar-refractivity contribution in [2.75, 3.05) is 123 Å². The lowest BCUT2D eigenvalue weighted by Crippen LogP contribution is -2.68. The fraction of sp³-hybridized carbons (Fsp3) is 0.942. The summed E-state index contributed by atoms with van der Waals surface area (Å²) in [5.41, 5.74) is 0.216. The second kappa shape index (κ2) is 35.7. The van der Waals surface area contributed by atoms with Crippen LogP contribution < -0.4 is 26.6 Å². The van der Waals surface area contributed by atoms with Crippen molar-refractivity contribution in [3.05, 3.63) is 0 Å². The van der Waals surface area contributed by atoms with Crippen LogP contribution >= 0.6 is 0 Å². The third-order valence-corrected chi connectivity index (χ3v) is 25.7. The Labute approximate surface area is 661 Å². The number of Topliss-reactive ketones (excluding diaryl/α,β-unsaturated/α-hetero) is 2. The van der Waals surface area contributed by atoms with Crippen molar-refractivity contribution < 1.29 is 38.1 Å². The molecule has 0 aliphatic carbocycles. The molecule has 5 N–H and O–H groups in total. The molecule has 10 fully saturated rings. The molecule has 10 saturated heterocycles. The number of likely N-dealkylation sites (tertiary alicyclic amines) is 5. The number of hydrogen-bond acceptors (Lipinski definition) is 20. The molecule has 0 aromatic carbocycles. The Balaban J connectivity index is 0.000000267. The van der Waals surface area contributed by atoms with Crippen molar-refractivity contribution in [1.82, 2.24) is 65.8 Å². The van der Waals surface area contributed by atoms with Gasteiger partial charge in [0, 0.05) is 141 Å². The molecule has 108 heavy (non-hydrogen) atoms. The highest BCUT2D eigenvalue weighted by atomic mass is 16.7. The normalized spacial score (nSPS) is 28.4. The van der Waals surface area contributed by atoms with Gasteiger partial charge < -0.3 is 54.9 Å². The van der Waals surface area contributed by atoms with Gasteiger partial charge in [0.05, 0.1) is 39.0 Å². The number of ether oxygens (including phenoxy) is 4. The van der Waals surface area contributed by atoms with Gasteiger partial charge in [0.15, 0.2) is 11.6 Å². The van der Waals surface area contributed by atoms with E-state index in [1.165, 1.54) is 58.2 Å². The van der Waals surface area contributed by atoms with Crippen LogP contribution in [0.4, 0.5) is 4.79 Å². The van der Waals surface area contributed by atoms with E-state index in [9.17, 15) is 19.2 Å². The monoisotopic (exact) mass is 1530 g/mol. The van der Waals surface area contributed by atoms with E-state index in [0.29, 0.717) is 79.8 Å². The van der Waals surface area contributed by atoms with E-state index in [1.54, 1.807) is 0 Å². The number of amides is 3. The van der Waals surface area contributed by atoms with E-state index in [2.05, 4.69) is 301 Å². The summed E-state index contributed by atoms with van der Waals surface area (Å²) in [7, 11) is 19.5. The summed E-state index contributed by atoms with van der Waals surface area (Å²) in [6, 6.07) is 3.18. The van der Waals surface area contributed by atoms with Gasteiger partial charge in [-0.2, -0.15) is 5.26 Å². The van der Waals surface area contributed by atoms with Gasteiger partial charge in [0.2, 0.25) is 0 Å². The quantitative estimate of drug-likeness (QED) is 0.0739. The van der Waals surface area contributed by atoms with Crippen LogP contribution in [-0.2, 0) is 33.3 Å². The zero-order valence-electron chi connectivity index (χ0n) is 76.6. The van der Waals surface area contributed by atoms with E-state index >= 15 is 0 Å². The Bertz CT molecular complexity index is 2850. The molecule has 0 atom stereocenters. The molecule has 10 rings (SSSR count). The van der Waals surface area contributed by atoms with Gasteiger partial charge in [-0.25, -0.2) is 4.79 Å². The second-order valence-electron chi connectivity index (χ2n) is 43.9. The first-order valence-electron chi connectivity index (χ1n) is 41.2. The maximum atomic E-state index is 12.0. The molecule has 3 amide bonds. The topological polar surface area (TPSA) is 215 Å². The number of urea groups is 1. The smallest absolute Gasteiger partial charge is 0.322 e. The number of carbonyl (C=O) groups is 4. The average molecular weight is 1530 g/mol. The van der Waals surface area contributed by atoms with Crippen molar-refractivity contribution in [2.24, 2.45) is 0 Å². The van der Waals surface area contributed by atoms with Crippen molar-refractivity contribution in [2.45, 2.75) is 403 Å². The Morgan fingerprint density at radius 3 is 1.12 bits per heavy atom. The third-order valence-electron chi connectivity index (χ3n) is 25.7. The van der Waals surface area contributed by atoms with E-state index in [4.69, 9.17) is 24.2 Å². The van der Waals surface area contributed by atoms with Crippen LogP contribution in [0.1, 0.15) is 297 Å². The van der Waals surface area contributed by atoms with E-state index in [0.717, 1.165) is 58.7 Å². The number of hydrogen-bond donors (Lipinski definition) is 5. The summed E-state index contributed by atoms with van der Waals surface area (Å²) in [5.74, 6) is -0.133. The van der Waals surface area contributed by atoms with Gasteiger partial charge in [0.1, 0.15) is 17.1 Å². The third kappa shape index (κ3) is 27.4. The number of imide groups is 1. The average Bonchev–Trinajstić information content (AvgIpc) is 1.42. The molecule has 22 heteroatoms. The summed E-state index contributed by atoms with van der Waals surface area (Å²) in [4.78, 5) is 65.2. The van der Waals surface area contributed by atoms with Crippen molar-refractivity contribution >= 4 is 23.5 Å². The highest BCUT2D eigenvalue weighted by Gasteiger charge is 2.59. The van der Waals surface area contributed by atoms with Crippen LogP contribution in [-0.4, -0.2) is 292 Å². The van der Waals surface area contributed by atoms with Crippen LogP contribution in [0, 0.1) is 11.3 Å². The van der Waals surface area contributed by atoms with E-state index in [1.807, 2.05) is 27.7 Å². The Kier molecular flexibility index (Phi) is 32.3. The molecule has 630 valence electrons. The highest BCUT2D eigenvalue weighted by molar-refractivity contribution is 6.07. The predicted octanol–water partition coefficient (Wildman–Crippen LogP) is 12.5. The fourth-order valence-electron chi connectivity index (χ4n) is 20.9. The summed E-state index contributed by atoms with van der Waals surface area (Å²) < 4.78 is 23.3. The van der Waals surface area contributed by atoms with E-state index in [-0.39, 0.29) is 90.0 Å². The molecule has 0 saturated carbocycles. The van der Waals surface area contributed by atoms with Crippen LogP contribution in [0.25, 0.3) is 0 Å². The lowest BCUT2D eigenvalue weighted by molar-refractivity contribution is -0.234. The Hall–Kier alpha value is -2.83. The van der Waals surface area contributed by atoms with E-state index < -0.39 is 5.54 Å². The second-order valence-corrected chi connectivity index (χ2v) is 43.9. The largest absolute Gasteiger partial charge is 0.347 e. The number of nitrogens with one attached hydrogen (secondary N) is 5. The molecule has 0 bridgehead atoms. The minimum absolute atomic E-state index is 0.0266. The van der Waals surface area contributed by atoms with Crippen LogP contribution in [0.5, 0.6) is 0 Å². The highest BCUT2D eigenvalue weighted by Crippen LogP contribution is 2.48. The first-order chi connectivity index (χ1) is 48.5. The number of nitrogens with zero attached hydrogens (tertiary/aromatic N) is 9. The molecular weight excluding hydrogens is 1360 g/mol. The summed E-state index contributed by atoms with van der Waals surface area (Å²) in [6.45, 7) is 69.8. The first kappa shape index (κ1) is 97.5. The minimum Gasteiger partial charge on any atom is -0.347 e. The van der Waals surface area contributed by atoms with Gasteiger partial charge in [0.25, 0.3) is 5.91 Å². The molecule has 0 aromatic heterocycles. The molecule has 0 unspecified atom stereocenters. The molecular formula is C86H168N14O8. The SMILES string of the molecule is CC1(C)CC(=O)CC(C)(C)N1CC#N.CC1(C)CC2(CC(C)(C)N1)OCCO2.CN(C)CCCN(C)C1CC(C)(C)N(C)C(C)(C)C1.CN(C)CCCNC1CC(C)(C)NC(C)(C)C1.CN1C(C)(C)CC(=O)CC1(C)C.CN1C(C)(C)CC2(CC1(C)C)NC(=O)NC2=O.CN1C(C)(C)CC2(CC1(C)C)OCCO2. The van der Waals surface area contributed by atoms with Crippen molar-refractivity contribution in [1.29, 1.82) is 5.26 Å². The zero-order valence-corrected chi connectivity index (χ0v) is 76.6. The van der Waals surface area contributed by atoms with Gasteiger partial charge >= 0.3 is 6.03 Å². The lowest BCUT2D eigenvalue weighted by Gasteiger charge is -2.56. The van der Waals surface area contributed by atoms with Crippen LogP contribution in [0.3, 0.4) is 0 Å². The van der Waals surface area contributed by atoms with Gasteiger partial charge in [-0.1, -0.05) is 0 Å². The number of piperidine rings is 7. The predicted molar refractivity (Wildman–Crippen MR) is 445 cm³/mol. The van der Waals surface area contributed by atoms with Gasteiger partial charge in [-0.15, -0.1) is 0 Å². The molecule has 10 aliphatic rings. The maximum Gasteiger partial charge on any atom is 0.322 e. The van der Waals surface area contributed by atoms with Gasteiger partial charge in [-0.3, -0.25) is 44.2 Å². The number of ketones is 2. The molecule has 10 aliphatic heterocycles. The number of nitriles is 1. The van der Waals surface area contributed by atoms with Crippen molar-refractivity contribution in [3.63, 3.8) is 0 Å². The zero-order chi connectivity index (χ0) is 83.3. The molecule has 22 nitrogen and oxygen atoms in total. The lowest BCUT2D eigenvalue weighted by atomic mass is 9.69. The number of carbonyl (C=O) groups excluding carboxylic acids is 4. The molecule has 3 spiro atoms. The first-order valence-corrected chi connectivity index (χ1v) is 41.2. The molecule has 10 heterocycles. The summed E-state index contributed by atoms with van der Waals surface area (Å²) in [6.07, 6.45) is 15.0. The maximum absolute atomic E-state index is 12.0. The molecule has 0 aromatic rings. The standard InChI is InChI=1S/C16H35N3.C14H31N3.C12H21N3O2.C12H23NO2.C11H18N2O.C11H21NO2.C10H19NO/c1-15(2)12-14(13-16(3,4)19(15)8)18(7)11-9-10-17(5)6;1-13(2)10-12(11-14(3,4)16-13)15-8-7-9-17(5)6;1-10(2)6-12(7-11(3,4)15(10)5)8(16)13-9(17)14-12;1-10(2)8-12(14-6-7-15-12)9-11(3,4)13(10)5;1-10(2)7-9(14)8-11(3,4)13(10)6-5-12;1-9(2)7-11(13-5-6-14-11)8-10(3,4)12-9;1-9(2)6-8(12)7-10(3,4)11(9)5/h14H,9-13H2,1-8H3;12,15-16H,7-11H2,1-6H3;6-7H2,1-5H3,(H2,13,14,16,17);6-9H2,1-5H3;6-8H2,1-4H3;12H,5-8H2,1-4H3;6-7H2,1-5H3. The minimum atomic E-state index is -0.739. The van der Waals surface area contributed by atoms with Crippen LogP contribution in [0.2, 0.25) is 0 Å². The summed E-state index contributed by atoms with van der Waals surface area (Å²) >= 11 is 0. The van der Waals surface area contributed by atoms with Gasteiger partial charge in [-0.05, 0) is 335 Å². The fourth-order valence-corrected chi connectivity index (χ4v) is 20.9. The van der Waals surface area contributed by atoms with Crippen molar-refractivity contribution in [3.8, 4) is 6.07 Å². The Morgan fingerprint density at radius 2 is 0.759 bits per heavy atom.